The lowest BCUT2D eigenvalue weighted by Crippen LogP contribution is -2.41. The number of aryl methyl sites for hydroxylation is 1. The largest absolute Gasteiger partial charge is 0.381 e. The maximum Gasteiger partial charge on any atom is 0.251 e. The molecule has 4 heteroatoms. The predicted molar refractivity (Wildman–Crippen MR) is 67.0 cm³/mol. The number of halogens is 1. The summed E-state index contributed by atoms with van der Waals surface area (Å²) in [4.78, 5) is 11.5. The van der Waals surface area contributed by atoms with E-state index in [4.69, 9.17) is 0 Å². The van der Waals surface area contributed by atoms with Crippen LogP contribution in [0.2, 0.25) is 0 Å². The van der Waals surface area contributed by atoms with Gasteiger partial charge in [-0.25, -0.2) is 0 Å². The molecule has 16 heavy (non-hydrogen) atoms. The molecule has 0 atom stereocenters. The van der Waals surface area contributed by atoms with Crippen LogP contribution in [-0.2, 0) is 11.3 Å². The number of aliphatic hydroxyl groups is 1. The minimum atomic E-state index is -1.33. The minimum absolute atomic E-state index is 0.369. The summed E-state index contributed by atoms with van der Waals surface area (Å²) >= 11 is 3.38. The Morgan fingerprint density at radius 3 is 2.69 bits per heavy atom. The Bertz CT molecular complexity index is 396. The second kappa shape index (κ2) is 4.97. The molecule has 0 saturated carbocycles. The summed E-state index contributed by atoms with van der Waals surface area (Å²) < 4.78 is 0.977. The highest BCUT2D eigenvalue weighted by molar-refractivity contribution is 9.10. The van der Waals surface area contributed by atoms with E-state index in [9.17, 15) is 9.90 Å². The highest BCUT2D eigenvalue weighted by Gasteiger charge is 2.23. The van der Waals surface area contributed by atoms with Crippen molar-refractivity contribution in [2.75, 3.05) is 0 Å². The van der Waals surface area contributed by atoms with Gasteiger partial charge in [-0.3, -0.25) is 4.79 Å². The average molecular weight is 286 g/mol. The van der Waals surface area contributed by atoms with Crippen LogP contribution in [-0.4, -0.2) is 16.6 Å². The molecule has 0 fully saturated rings. The van der Waals surface area contributed by atoms with Crippen LogP contribution in [0.3, 0.4) is 0 Å². The Balaban J connectivity index is 2.68. The van der Waals surface area contributed by atoms with Crippen molar-refractivity contribution >= 4 is 21.8 Å². The van der Waals surface area contributed by atoms with E-state index in [1.54, 1.807) is 0 Å². The second-order valence-corrected chi connectivity index (χ2v) is 5.23. The summed E-state index contributed by atoms with van der Waals surface area (Å²) in [6.45, 7) is 5.35. The lowest BCUT2D eigenvalue weighted by Gasteiger charge is -2.17. The fraction of sp³-hybridized carbons (Fsp3) is 0.417. The van der Waals surface area contributed by atoms with E-state index < -0.39 is 5.60 Å². The molecule has 2 N–H and O–H groups in total. The number of carbonyl (C=O) groups excluding carboxylic acids is 1. The van der Waals surface area contributed by atoms with E-state index in [1.807, 2.05) is 25.1 Å². The molecule has 1 aromatic rings. The SMILES string of the molecule is Cc1ccc(Br)cc1CNC(=O)C(C)(C)O. The highest BCUT2D eigenvalue weighted by atomic mass is 79.9. The van der Waals surface area contributed by atoms with Gasteiger partial charge in [-0.1, -0.05) is 22.0 Å². The van der Waals surface area contributed by atoms with Crippen molar-refractivity contribution in [1.82, 2.24) is 5.32 Å². The van der Waals surface area contributed by atoms with Gasteiger partial charge in [-0.05, 0) is 44.0 Å². The number of amides is 1. The topological polar surface area (TPSA) is 49.3 Å². The van der Waals surface area contributed by atoms with Gasteiger partial charge in [-0.15, -0.1) is 0 Å². The Labute approximate surface area is 104 Å². The molecule has 0 saturated heterocycles. The van der Waals surface area contributed by atoms with Crippen molar-refractivity contribution in [3.05, 3.63) is 33.8 Å². The van der Waals surface area contributed by atoms with E-state index in [0.29, 0.717) is 6.54 Å². The van der Waals surface area contributed by atoms with Crippen molar-refractivity contribution in [2.24, 2.45) is 0 Å². The Kier molecular flexibility index (Phi) is 4.10. The molecule has 0 aromatic heterocycles. The number of nitrogens with one attached hydrogen (secondary N) is 1. The lowest BCUT2D eigenvalue weighted by atomic mass is 10.1. The van der Waals surface area contributed by atoms with Gasteiger partial charge < -0.3 is 10.4 Å². The van der Waals surface area contributed by atoms with Gasteiger partial charge in [0.15, 0.2) is 0 Å². The first kappa shape index (κ1) is 13.2. The fourth-order valence-electron chi connectivity index (χ4n) is 1.22. The van der Waals surface area contributed by atoms with E-state index in [0.717, 1.165) is 15.6 Å². The third-order valence-electron chi connectivity index (χ3n) is 2.31. The van der Waals surface area contributed by atoms with Gasteiger partial charge in [0, 0.05) is 11.0 Å². The van der Waals surface area contributed by atoms with Crippen LogP contribution in [0.1, 0.15) is 25.0 Å². The molecule has 1 aromatic carbocycles. The summed E-state index contributed by atoms with van der Waals surface area (Å²) in [5, 5.41) is 12.2. The van der Waals surface area contributed by atoms with E-state index in [-0.39, 0.29) is 5.91 Å². The van der Waals surface area contributed by atoms with Gasteiger partial charge in [0.25, 0.3) is 5.91 Å². The maximum absolute atomic E-state index is 11.5. The first-order chi connectivity index (χ1) is 7.30. The number of rotatable bonds is 3. The third kappa shape index (κ3) is 3.61. The van der Waals surface area contributed by atoms with Gasteiger partial charge in [-0.2, -0.15) is 0 Å². The van der Waals surface area contributed by atoms with Crippen molar-refractivity contribution in [3.8, 4) is 0 Å². The molecule has 0 heterocycles. The van der Waals surface area contributed by atoms with Crippen LogP contribution in [0.15, 0.2) is 22.7 Å². The van der Waals surface area contributed by atoms with Crippen molar-refractivity contribution < 1.29 is 9.90 Å². The molecule has 0 aliphatic carbocycles. The van der Waals surface area contributed by atoms with Crippen LogP contribution in [0, 0.1) is 6.92 Å². The number of hydrogen-bond acceptors (Lipinski definition) is 2. The highest BCUT2D eigenvalue weighted by Crippen LogP contribution is 2.16. The molecule has 3 nitrogen and oxygen atoms in total. The number of carbonyl (C=O) groups is 1. The van der Waals surface area contributed by atoms with Crippen LogP contribution in [0.5, 0.6) is 0 Å². The lowest BCUT2D eigenvalue weighted by molar-refractivity contribution is -0.136. The molecule has 1 amide bonds. The van der Waals surface area contributed by atoms with Crippen LogP contribution in [0.4, 0.5) is 0 Å². The molecule has 0 radical (unpaired) electrons. The minimum Gasteiger partial charge on any atom is -0.381 e. The van der Waals surface area contributed by atoms with Crippen LogP contribution in [0.25, 0.3) is 0 Å². The summed E-state index contributed by atoms with van der Waals surface area (Å²) in [7, 11) is 0. The maximum atomic E-state index is 11.5. The molecular formula is C12H16BrNO2. The molecule has 0 unspecified atom stereocenters. The first-order valence-electron chi connectivity index (χ1n) is 5.06. The molecule has 0 spiro atoms. The van der Waals surface area contributed by atoms with E-state index in [1.165, 1.54) is 13.8 Å². The van der Waals surface area contributed by atoms with Crippen molar-refractivity contribution in [3.63, 3.8) is 0 Å². The van der Waals surface area contributed by atoms with Gasteiger partial charge >= 0.3 is 0 Å². The summed E-state index contributed by atoms with van der Waals surface area (Å²) in [5.74, 6) is -0.369. The zero-order chi connectivity index (χ0) is 12.3. The first-order valence-corrected chi connectivity index (χ1v) is 5.85. The number of benzene rings is 1. The normalized spacial score (nSPS) is 11.3. The fourth-order valence-corrected chi connectivity index (χ4v) is 1.63. The summed E-state index contributed by atoms with van der Waals surface area (Å²) in [5.41, 5.74) is 0.811. The van der Waals surface area contributed by atoms with Crippen LogP contribution < -0.4 is 5.32 Å². The molecule has 0 aliphatic rings. The Morgan fingerprint density at radius 1 is 1.50 bits per heavy atom. The van der Waals surface area contributed by atoms with Gasteiger partial charge in [0.05, 0.1) is 0 Å². The zero-order valence-electron chi connectivity index (χ0n) is 9.67. The Hall–Kier alpha value is -0.870. The van der Waals surface area contributed by atoms with Gasteiger partial charge in [0.1, 0.15) is 5.60 Å². The van der Waals surface area contributed by atoms with Crippen molar-refractivity contribution in [1.29, 1.82) is 0 Å². The molecule has 0 aliphatic heterocycles. The van der Waals surface area contributed by atoms with Crippen LogP contribution >= 0.6 is 15.9 Å². The number of hydrogen-bond donors (Lipinski definition) is 2. The van der Waals surface area contributed by atoms with Gasteiger partial charge in [0.2, 0.25) is 0 Å². The second-order valence-electron chi connectivity index (χ2n) is 4.31. The summed E-state index contributed by atoms with van der Waals surface area (Å²) in [6, 6.07) is 5.90. The predicted octanol–water partition coefficient (Wildman–Crippen LogP) is 2.14. The standard InChI is InChI=1S/C12H16BrNO2/c1-8-4-5-10(13)6-9(8)7-14-11(15)12(2,3)16/h4-6,16H,7H2,1-3H3,(H,14,15). The monoisotopic (exact) mass is 285 g/mol. The third-order valence-corrected chi connectivity index (χ3v) is 2.80. The molecular weight excluding hydrogens is 270 g/mol. The van der Waals surface area contributed by atoms with E-state index >= 15 is 0 Å². The molecule has 1 rings (SSSR count). The van der Waals surface area contributed by atoms with E-state index in [2.05, 4.69) is 21.2 Å². The smallest absolute Gasteiger partial charge is 0.251 e. The molecule has 88 valence electrons. The quantitative estimate of drug-likeness (QED) is 0.894. The average Bonchev–Trinajstić information content (AvgIpc) is 2.17. The zero-order valence-corrected chi connectivity index (χ0v) is 11.3. The molecule has 0 bridgehead atoms. The van der Waals surface area contributed by atoms with Crippen molar-refractivity contribution in [2.45, 2.75) is 32.9 Å². The Morgan fingerprint density at radius 2 is 2.12 bits per heavy atom. The summed E-state index contributed by atoms with van der Waals surface area (Å²) in [6.07, 6.45) is 0.